The fourth-order valence-electron chi connectivity index (χ4n) is 3.78. The molecule has 2 aromatic carbocycles. The van der Waals surface area contributed by atoms with E-state index in [0.29, 0.717) is 31.2 Å². The number of benzene rings is 2. The zero-order valence-corrected chi connectivity index (χ0v) is 17.4. The Morgan fingerprint density at radius 2 is 2.06 bits per heavy atom. The highest BCUT2D eigenvalue weighted by Gasteiger charge is 2.28. The predicted molar refractivity (Wildman–Crippen MR) is 113 cm³/mol. The maximum atomic E-state index is 13.3. The number of halogens is 1. The maximum Gasteiger partial charge on any atom is 0.260 e. The summed E-state index contributed by atoms with van der Waals surface area (Å²) < 4.78 is 30.0. The van der Waals surface area contributed by atoms with Crippen LogP contribution in [0.3, 0.4) is 0 Å². The van der Waals surface area contributed by atoms with E-state index >= 15 is 0 Å². The summed E-state index contributed by atoms with van der Waals surface area (Å²) in [5.74, 6) is 2.11. The summed E-state index contributed by atoms with van der Waals surface area (Å²) in [6.07, 6.45) is 4.15. The van der Waals surface area contributed by atoms with Crippen molar-refractivity contribution in [3.8, 4) is 11.5 Å². The molecule has 1 aliphatic heterocycles. The molecule has 1 fully saturated rings. The van der Waals surface area contributed by atoms with E-state index in [2.05, 4.69) is 4.98 Å². The molecule has 6 nitrogen and oxygen atoms in total. The molecule has 3 aromatic rings. The van der Waals surface area contributed by atoms with Crippen LogP contribution in [0.25, 0.3) is 0 Å². The van der Waals surface area contributed by atoms with Crippen LogP contribution >= 0.6 is 0 Å². The van der Waals surface area contributed by atoms with E-state index in [-0.39, 0.29) is 18.4 Å². The zero-order valence-electron chi connectivity index (χ0n) is 17.4. The number of rotatable bonds is 7. The van der Waals surface area contributed by atoms with Crippen molar-refractivity contribution in [1.29, 1.82) is 0 Å². The summed E-state index contributed by atoms with van der Waals surface area (Å²) in [6.45, 7) is 1.08. The van der Waals surface area contributed by atoms with E-state index in [0.717, 1.165) is 29.9 Å². The van der Waals surface area contributed by atoms with Gasteiger partial charge in [-0.25, -0.2) is 9.37 Å². The number of aromatic nitrogens is 1. The molecule has 2 heterocycles. The fraction of sp³-hybridized carbons (Fsp3) is 0.333. The first-order valence-corrected chi connectivity index (χ1v) is 10.3. The Hall–Kier alpha value is -3.35. The van der Waals surface area contributed by atoms with Gasteiger partial charge in [-0.15, -0.1) is 0 Å². The van der Waals surface area contributed by atoms with Gasteiger partial charge in [-0.05, 0) is 42.7 Å². The standard InChI is InChI=1S/C24H25FN2O4/c1-29-20-8-2-5-17(11-20)12-22-14-26-24(31-22)18-6-4-10-27(15-18)23(28)16-30-21-9-3-7-19(25)13-21/h2-3,5,7-9,11,13-14,18H,4,6,10,12,15-16H2,1H3. The minimum Gasteiger partial charge on any atom is -0.497 e. The molecule has 0 saturated carbocycles. The van der Waals surface area contributed by atoms with Crippen LogP contribution in [0.15, 0.2) is 59.1 Å². The Morgan fingerprint density at radius 1 is 1.23 bits per heavy atom. The highest BCUT2D eigenvalue weighted by Crippen LogP contribution is 2.28. The Morgan fingerprint density at radius 3 is 2.90 bits per heavy atom. The molecule has 1 atom stereocenters. The van der Waals surface area contributed by atoms with Crippen molar-refractivity contribution in [2.24, 2.45) is 0 Å². The van der Waals surface area contributed by atoms with Crippen molar-refractivity contribution in [2.75, 3.05) is 26.8 Å². The van der Waals surface area contributed by atoms with Gasteiger partial charge in [-0.2, -0.15) is 0 Å². The third-order valence-corrected chi connectivity index (χ3v) is 5.37. The number of nitrogens with zero attached hydrogens (tertiary/aromatic N) is 2. The number of carbonyl (C=O) groups is 1. The second-order valence-electron chi connectivity index (χ2n) is 7.62. The summed E-state index contributed by atoms with van der Waals surface area (Å²) >= 11 is 0. The molecule has 0 radical (unpaired) electrons. The fourth-order valence-corrected chi connectivity index (χ4v) is 3.78. The van der Waals surface area contributed by atoms with Gasteiger partial charge in [0.2, 0.25) is 0 Å². The number of piperidine rings is 1. The highest BCUT2D eigenvalue weighted by atomic mass is 19.1. The summed E-state index contributed by atoms with van der Waals surface area (Å²) in [4.78, 5) is 18.8. The first-order chi connectivity index (χ1) is 15.1. The molecular formula is C24H25FN2O4. The molecule has 0 N–H and O–H groups in total. The molecule has 0 aliphatic carbocycles. The lowest BCUT2D eigenvalue weighted by Crippen LogP contribution is -2.41. The molecule has 1 aliphatic rings. The van der Waals surface area contributed by atoms with Crippen LogP contribution in [0.4, 0.5) is 4.39 Å². The number of amides is 1. The van der Waals surface area contributed by atoms with E-state index in [9.17, 15) is 9.18 Å². The second kappa shape index (κ2) is 9.64. The van der Waals surface area contributed by atoms with Crippen molar-refractivity contribution in [3.05, 3.63) is 77.8 Å². The Labute approximate surface area is 180 Å². The predicted octanol–water partition coefficient (Wildman–Crippen LogP) is 4.20. The van der Waals surface area contributed by atoms with Crippen molar-refractivity contribution in [3.63, 3.8) is 0 Å². The van der Waals surface area contributed by atoms with Crippen LogP contribution in [-0.4, -0.2) is 42.6 Å². The minimum absolute atomic E-state index is 0.0472. The first kappa shape index (κ1) is 20.9. The third kappa shape index (κ3) is 5.42. The first-order valence-electron chi connectivity index (χ1n) is 10.3. The number of ether oxygens (including phenoxy) is 2. The summed E-state index contributed by atoms with van der Waals surface area (Å²) in [7, 11) is 1.64. The molecule has 1 aromatic heterocycles. The lowest BCUT2D eigenvalue weighted by Gasteiger charge is -2.31. The van der Waals surface area contributed by atoms with Crippen LogP contribution in [0, 0.1) is 5.82 Å². The normalized spacial score (nSPS) is 16.2. The van der Waals surface area contributed by atoms with Gasteiger partial charge in [0.25, 0.3) is 5.91 Å². The Kier molecular flexibility index (Phi) is 6.50. The molecule has 31 heavy (non-hydrogen) atoms. The van der Waals surface area contributed by atoms with Crippen LogP contribution in [0.1, 0.15) is 36.0 Å². The second-order valence-corrected chi connectivity index (χ2v) is 7.62. The summed E-state index contributed by atoms with van der Waals surface area (Å²) in [5, 5.41) is 0. The summed E-state index contributed by atoms with van der Waals surface area (Å²) in [6, 6.07) is 13.6. The van der Waals surface area contributed by atoms with Gasteiger partial charge < -0.3 is 18.8 Å². The lowest BCUT2D eigenvalue weighted by atomic mass is 9.98. The van der Waals surface area contributed by atoms with E-state index in [1.807, 2.05) is 24.3 Å². The lowest BCUT2D eigenvalue weighted by molar-refractivity contribution is -0.134. The van der Waals surface area contributed by atoms with Crippen LogP contribution in [-0.2, 0) is 11.2 Å². The number of hydrogen-bond donors (Lipinski definition) is 0. The van der Waals surface area contributed by atoms with Crippen LogP contribution in [0.2, 0.25) is 0 Å². The number of methoxy groups -OCH3 is 1. The van der Waals surface area contributed by atoms with E-state index < -0.39 is 5.82 Å². The quantitative estimate of drug-likeness (QED) is 0.569. The Balaban J connectivity index is 1.34. The molecule has 1 saturated heterocycles. The van der Waals surface area contributed by atoms with Gasteiger partial charge in [-0.3, -0.25) is 4.79 Å². The average Bonchev–Trinajstić information content (AvgIpc) is 3.26. The van der Waals surface area contributed by atoms with Gasteiger partial charge >= 0.3 is 0 Å². The molecule has 0 bridgehead atoms. The maximum absolute atomic E-state index is 13.3. The van der Waals surface area contributed by atoms with Crippen LogP contribution in [0.5, 0.6) is 11.5 Å². The van der Waals surface area contributed by atoms with Gasteiger partial charge in [0.1, 0.15) is 23.1 Å². The minimum atomic E-state index is -0.392. The van der Waals surface area contributed by atoms with Gasteiger partial charge in [0.15, 0.2) is 12.5 Å². The molecule has 7 heteroatoms. The van der Waals surface area contributed by atoms with Gasteiger partial charge in [0.05, 0.1) is 19.2 Å². The number of hydrogen-bond acceptors (Lipinski definition) is 5. The molecule has 162 valence electrons. The molecule has 4 rings (SSSR count). The summed E-state index contributed by atoms with van der Waals surface area (Å²) in [5.41, 5.74) is 1.08. The van der Waals surface area contributed by atoms with Crippen molar-refractivity contribution < 1.29 is 23.1 Å². The van der Waals surface area contributed by atoms with Crippen LogP contribution < -0.4 is 9.47 Å². The third-order valence-electron chi connectivity index (χ3n) is 5.37. The highest BCUT2D eigenvalue weighted by molar-refractivity contribution is 5.78. The van der Waals surface area contributed by atoms with E-state index in [4.69, 9.17) is 13.9 Å². The molecule has 0 spiro atoms. The molecule has 1 amide bonds. The number of oxazole rings is 1. The topological polar surface area (TPSA) is 64.8 Å². The van der Waals surface area contributed by atoms with Crippen molar-refractivity contribution in [2.45, 2.75) is 25.2 Å². The molecular weight excluding hydrogens is 399 g/mol. The SMILES string of the molecule is COc1cccc(Cc2cnc(C3CCCN(C(=O)COc4cccc(F)c4)C3)o2)c1. The van der Waals surface area contributed by atoms with Crippen molar-refractivity contribution >= 4 is 5.91 Å². The number of likely N-dealkylation sites (tertiary alicyclic amines) is 1. The van der Waals surface area contributed by atoms with Gasteiger partial charge in [0, 0.05) is 25.6 Å². The smallest absolute Gasteiger partial charge is 0.260 e. The largest absolute Gasteiger partial charge is 0.497 e. The molecule has 1 unspecified atom stereocenters. The van der Waals surface area contributed by atoms with Crippen molar-refractivity contribution in [1.82, 2.24) is 9.88 Å². The Bertz CT molecular complexity index is 1040. The van der Waals surface area contributed by atoms with E-state index in [1.54, 1.807) is 30.3 Å². The number of carbonyl (C=O) groups excluding carboxylic acids is 1. The average molecular weight is 424 g/mol. The zero-order chi connectivity index (χ0) is 21.6. The van der Waals surface area contributed by atoms with Gasteiger partial charge in [-0.1, -0.05) is 18.2 Å². The van der Waals surface area contributed by atoms with E-state index in [1.165, 1.54) is 12.1 Å². The monoisotopic (exact) mass is 424 g/mol.